The van der Waals surface area contributed by atoms with Gasteiger partial charge >= 0.3 is 0 Å². The summed E-state index contributed by atoms with van der Waals surface area (Å²) in [4.78, 5) is 23.0. The maximum Gasteiger partial charge on any atom is 0.273 e. The molecule has 12 heteroatoms. The Hall–Kier alpha value is -3.67. The molecule has 0 atom stereocenters. The van der Waals surface area contributed by atoms with Gasteiger partial charge in [0.25, 0.3) is 5.69 Å². The third-order valence-corrected chi connectivity index (χ3v) is 6.19. The Kier molecular flexibility index (Phi) is 10.0. The molecule has 0 radical (unpaired) electrons. The monoisotopic (exact) mass is 517 g/mol. The maximum atomic E-state index is 13.9. The summed E-state index contributed by atoms with van der Waals surface area (Å²) in [6.07, 6.45) is 4.13. The summed E-state index contributed by atoms with van der Waals surface area (Å²) in [7, 11) is 1.37. The summed E-state index contributed by atoms with van der Waals surface area (Å²) < 4.78 is 26.6. The lowest BCUT2D eigenvalue weighted by molar-refractivity contribution is -0.384. The van der Waals surface area contributed by atoms with Gasteiger partial charge in [0.1, 0.15) is 12.4 Å². The highest BCUT2D eigenvalue weighted by Gasteiger charge is 2.17. The number of non-ortho nitro benzene ring substituents is 1. The van der Waals surface area contributed by atoms with Crippen LogP contribution in [-0.4, -0.2) is 38.5 Å². The minimum absolute atomic E-state index is 0.0292. The van der Waals surface area contributed by atoms with Crippen LogP contribution in [0.15, 0.2) is 47.6 Å². The van der Waals surface area contributed by atoms with Crippen LogP contribution >= 0.6 is 11.8 Å². The summed E-state index contributed by atoms with van der Waals surface area (Å²) in [6.45, 7) is 2.81. The number of anilines is 1. The number of rotatable bonds is 14. The highest BCUT2D eigenvalue weighted by atomic mass is 32.2. The van der Waals surface area contributed by atoms with Crippen molar-refractivity contribution in [3.8, 4) is 11.5 Å². The van der Waals surface area contributed by atoms with Gasteiger partial charge in [0, 0.05) is 12.6 Å². The van der Waals surface area contributed by atoms with E-state index < -0.39 is 10.7 Å². The van der Waals surface area contributed by atoms with Crippen LogP contribution in [0.1, 0.15) is 38.4 Å². The highest BCUT2D eigenvalue weighted by molar-refractivity contribution is 7.99. The van der Waals surface area contributed by atoms with Crippen LogP contribution in [0.3, 0.4) is 0 Å². The fraction of sp³-hybridized carbons (Fsp3) is 0.375. The molecular formula is C24H28FN5O5S. The number of halogens is 1. The highest BCUT2D eigenvalue weighted by Crippen LogP contribution is 2.29. The second-order valence-electron chi connectivity index (χ2n) is 7.81. The number of ether oxygens (including phenoxy) is 2. The summed E-state index contributed by atoms with van der Waals surface area (Å²) in [6, 6.07) is 10.1. The lowest BCUT2D eigenvalue weighted by atomic mass is 10.2. The van der Waals surface area contributed by atoms with Crippen molar-refractivity contribution < 1.29 is 23.6 Å². The number of benzene rings is 2. The maximum absolute atomic E-state index is 13.9. The number of hydrogen-bond acceptors (Lipinski definition) is 8. The number of para-hydroxylation sites is 1. The summed E-state index contributed by atoms with van der Waals surface area (Å²) >= 11 is 1.20. The number of methoxy groups -OCH3 is 1. The minimum atomic E-state index is -0.537. The standard InChI is InChI=1S/C24H28FN5O5S/c1-3-4-5-8-13-29-22(15-35-20-10-7-6-9-18(20)25)27-28-24(29)36-16-23(31)26-19-12-11-17(30(32)33)14-21(19)34-2/h6-7,9-12,14H,3-5,8,13,15-16H2,1-2H3,(H,26,31). The van der Waals surface area contributed by atoms with Crippen molar-refractivity contribution in [2.45, 2.75) is 50.9 Å². The SMILES string of the molecule is CCCCCCn1c(COc2ccccc2F)nnc1SCC(=O)Nc1ccc([N+](=O)[O-])cc1OC. The smallest absolute Gasteiger partial charge is 0.273 e. The number of carbonyl (C=O) groups excluding carboxylic acids is 1. The van der Waals surface area contributed by atoms with Crippen LogP contribution in [0.4, 0.5) is 15.8 Å². The predicted octanol–water partition coefficient (Wildman–Crippen LogP) is 5.22. The van der Waals surface area contributed by atoms with Crippen LogP contribution < -0.4 is 14.8 Å². The number of thioether (sulfide) groups is 1. The number of hydrogen-bond donors (Lipinski definition) is 1. The Morgan fingerprint density at radius 1 is 1.17 bits per heavy atom. The first-order chi connectivity index (χ1) is 17.4. The molecule has 3 aromatic rings. The van der Waals surface area contributed by atoms with Gasteiger partial charge in [-0.2, -0.15) is 0 Å². The van der Waals surface area contributed by atoms with Gasteiger partial charge in [-0.05, 0) is 24.6 Å². The fourth-order valence-electron chi connectivity index (χ4n) is 3.37. The molecule has 1 heterocycles. The molecule has 0 saturated heterocycles. The molecule has 1 aromatic heterocycles. The molecule has 0 spiro atoms. The topological polar surface area (TPSA) is 121 Å². The Morgan fingerprint density at radius 2 is 1.97 bits per heavy atom. The van der Waals surface area contributed by atoms with Gasteiger partial charge in [-0.15, -0.1) is 10.2 Å². The van der Waals surface area contributed by atoms with Gasteiger partial charge < -0.3 is 19.4 Å². The Balaban J connectivity index is 1.67. The average Bonchev–Trinajstić information content (AvgIpc) is 3.26. The Morgan fingerprint density at radius 3 is 2.69 bits per heavy atom. The van der Waals surface area contributed by atoms with Crippen LogP contribution in [0.5, 0.6) is 11.5 Å². The Labute approximate surface area is 212 Å². The van der Waals surface area contributed by atoms with Gasteiger partial charge in [0.2, 0.25) is 5.91 Å². The van der Waals surface area contributed by atoms with E-state index in [9.17, 15) is 19.3 Å². The van der Waals surface area contributed by atoms with Crippen LogP contribution in [-0.2, 0) is 17.9 Å². The molecule has 0 aliphatic heterocycles. The normalized spacial score (nSPS) is 10.8. The van der Waals surface area contributed by atoms with Crippen molar-refractivity contribution in [3.05, 3.63) is 64.2 Å². The molecule has 10 nitrogen and oxygen atoms in total. The molecule has 1 amide bonds. The van der Waals surface area contributed by atoms with Gasteiger partial charge in [0.05, 0.1) is 29.5 Å². The van der Waals surface area contributed by atoms with Crippen LogP contribution in [0.25, 0.3) is 0 Å². The lowest BCUT2D eigenvalue weighted by Gasteiger charge is -2.12. The quantitative estimate of drug-likeness (QED) is 0.134. The molecule has 0 bridgehead atoms. The number of aromatic nitrogens is 3. The van der Waals surface area contributed by atoms with Gasteiger partial charge in [0.15, 0.2) is 22.5 Å². The van der Waals surface area contributed by atoms with Gasteiger partial charge in [-0.3, -0.25) is 14.9 Å². The fourth-order valence-corrected chi connectivity index (χ4v) is 4.15. The van der Waals surface area contributed by atoms with Crippen molar-refractivity contribution in [2.75, 3.05) is 18.2 Å². The van der Waals surface area contributed by atoms with Gasteiger partial charge in [-0.25, -0.2) is 4.39 Å². The predicted molar refractivity (Wildman–Crippen MR) is 134 cm³/mol. The van der Waals surface area contributed by atoms with Crippen LogP contribution in [0.2, 0.25) is 0 Å². The molecule has 0 saturated carbocycles. The molecule has 0 fully saturated rings. The first-order valence-electron chi connectivity index (χ1n) is 11.5. The molecule has 3 rings (SSSR count). The van der Waals surface area contributed by atoms with Crippen molar-refractivity contribution >= 4 is 29.0 Å². The van der Waals surface area contributed by atoms with Crippen LogP contribution in [0, 0.1) is 15.9 Å². The van der Waals surface area contributed by atoms with E-state index in [0.717, 1.165) is 25.7 Å². The molecule has 0 aliphatic rings. The zero-order valence-corrected chi connectivity index (χ0v) is 20.9. The molecule has 1 N–H and O–H groups in total. The molecule has 2 aromatic carbocycles. The van der Waals surface area contributed by atoms with Crippen molar-refractivity contribution in [1.29, 1.82) is 0 Å². The van der Waals surface area contributed by atoms with E-state index in [1.807, 2.05) is 4.57 Å². The Bertz CT molecular complexity index is 1190. The zero-order valence-electron chi connectivity index (χ0n) is 20.1. The molecule has 36 heavy (non-hydrogen) atoms. The summed E-state index contributed by atoms with van der Waals surface area (Å²) in [5, 5.41) is 22.6. The number of nitro groups is 1. The number of unbranched alkanes of at least 4 members (excludes halogenated alkanes) is 3. The summed E-state index contributed by atoms with van der Waals surface area (Å²) in [5.74, 6) is 0.0883. The number of nitrogens with one attached hydrogen (secondary N) is 1. The van der Waals surface area contributed by atoms with Gasteiger partial charge in [-0.1, -0.05) is 50.1 Å². The van der Waals surface area contributed by atoms with E-state index >= 15 is 0 Å². The molecule has 0 unspecified atom stereocenters. The van der Waals surface area contributed by atoms with Crippen molar-refractivity contribution in [1.82, 2.24) is 14.8 Å². The lowest BCUT2D eigenvalue weighted by Crippen LogP contribution is -2.16. The van der Waals surface area contributed by atoms with E-state index in [-0.39, 0.29) is 35.5 Å². The molecular weight excluding hydrogens is 489 g/mol. The van der Waals surface area contributed by atoms with E-state index in [2.05, 4.69) is 22.4 Å². The van der Waals surface area contributed by atoms with Crippen molar-refractivity contribution in [2.24, 2.45) is 0 Å². The molecule has 192 valence electrons. The van der Waals surface area contributed by atoms with E-state index in [1.54, 1.807) is 18.2 Å². The number of amides is 1. The zero-order chi connectivity index (χ0) is 25.9. The minimum Gasteiger partial charge on any atom is -0.494 e. The second-order valence-corrected chi connectivity index (χ2v) is 8.75. The average molecular weight is 518 g/mol. The first-order valence-corrected chi connectivity index (χ1v) is 12.5. The third-order valence-electron chi connectivity index (χ3n) is 5.22. The number of nitro benzene ring substituents is 1. The molecule has 0 aliphatic carbocycles. The largest absolute Gasteiger partial charge is 0.494 e. The van der Waals surface area contributed by atoms with E-state index in [1.165, 1.54) is 43.1 Å². The first kappa shape index (κ1) is 26.9. The van der Waals surface area contributed by atoms with E-state index in [0.29, 0.717) is 23.2 Å². The van der Waals surface area contributed by atoms with Crippen molar-refractivity contribution in [3.63, 3.8) is 0 Å². The summed E-state index contributed by atoms with van der Waals surface area (Å²) in [5.41, 5.74) is 0.189. The number of carbonyl (C=O) groups is 1. The third kappa shape index (κ3) is 7.41. The second kappa shape index (κ2) is 13.4. The van der Waals surface area contributed by atoms with E-state index in [4.69, 9.17) is 9.47 Å². The number of nitrogens with zero attached hydrogens (tertiary/aromatic N) is 4.